The smallest absolute Gasteiger partial charge is 0.0950 e. The Balaban J connectivity index is 0.00000144. The molecule has 5 heteroatoms. The van der Waals surface area contributed by atoms with Gasteiger partial charge in [-0.15, -0.1) is 31.4 Å². The Hall–Kier alpha value is -0.480. The SMILES string of the molecule is C=C(C)C[C@@H](c1ccoc1)N1CCNCC1.Cl.Cl. The number of nitrogens with zero attached hydrogens (tertiary/aromatic N) is 1. The van der Waals surface area contributed by atoms with E-state index >= 15 is 0 Å². The van der Waals surface area contributed by atoms with Crippen LogP contribution in [0.4, 0.5) is 0 Å². The number of hydrogen-bond donors (Lipinski definition) is 1. The van der Waals surface area contributed by atoms with Crippen molar-refractivity contribution >= 4 is 24.8 Å². The van der Waals surface area contributed by atoms with Gasteiger partial charge < -0.3 is 9.73 Å². The highest BCUT2D eigenvalue weighted by atomic mass is 35.5. The topological polar surface area (TPSA) is 28.4 Å². The molecule has 0 spiro atoms. The predicted molar refractivity (Wildman–Crippen MR) is 79.8 cm³/mol. The fourth-order valence-corrected chi connectivity index (χ4v) is 2.25. The lowest BCUT2D eigenvalue weighted by atomic mass is 10.0. The molecule has 0 amide bonds. The second-order valence-electron chi connectivity index (χ2n) is 4.52. The van der Waals surface area contributed by atoms with Gasteiger partial charge in [-0.05, 0) is 19.4 Å². The van der Waals surface area contributed by atoms with Crippen molar-refractivity contribution in [2.75, 3.05) is 26.2 Å². The van der Waals surface area contributed by atoms with E-state index in [1.165, 1.54) is 11.1 Å². The second-order valence-corrected chi connectivity index (χ2v) is 4.52. The molecule has 0 saturated carbocycles. The maximum Gasteiger partial charge on any atom is 0.0950 e. The second kappa shape index (κ2) is 8.59. The minimum atomic E-state index is 0. The summed E-state index contributed by atoms with van der Waals surface area (Å²) in [6.07, 6.45) is 4.62. The van der Waals surface area contributed by atoms with Crippen molar-refractivity contribution < 1.29 is 4.42 Å². The summed E-state index contributed by atoms with van der Waals surface area (Å²) in [5.74, 6) is 0. The van der Waals surface area contributed by atoms with Gasteiger partial charge in [0.1, 0.15) is 0 Å². The molecule has 2 rings (SSSR count). The van der Waals surface area contributed by atoms with Gasteiger partial charge in [0, 0.05) is 37.8 Å². The van der Waals surface area contributed by atoms with Gasteiger partial charge in [-0.2, -0.15) is 0 Å². The van der Waals surface area contributed by atoms with E-state index in [1.807, 2.05) is 6.26 Å². The average molecular weight is 293 g/mol. The first-order chi connectivity index (χ1) is 7.77. The van der Waals surface area contributed by atoms with Crippen molar-refractivity contribution in [3.8, 4) is 0 Å². The van der Waals surface area contributed by atoms with E-state index in [9.17, 15) is 0 Å². The van der Waals surface area contributed by atoms with Crippen LogP contribution in [0.15, 0.2) is 35.2 Å². The summed E-state index contributed by atoms with van der Waals surface area (Å²) in [6.45, 7) is 10.5. The minimum absolute atomic E-state index is 0. The normalized spacial score (nSPS) is 17.4. The van der Waals surface area contributed by atoms with Crippen LogP contribution in [0.25, 0.3) is 0 Å². The van der Waals surface area contributed by atoms with Crippen molar-refractivity contribution in [2.24, 2.45) is 0 Å². The molecule has 2 heterocycles. The van der Waals surface area contributed by atoms with Gasteiger partial charge >= 0.3 is 0 Å². The van der Waals surface area contributed by atoms with E-state index < -0.39 is 0 Å². The summed E-state index contributed by atoms with van der Waals surface area (Å²) in [6, 6.07) is 2.49. The lowest BCUT2D eigenvalue weighted by Crippen LogP contribution is -2.45. The first-order valence-electron chi connectivity index (χ1n) is 5.88. The quantitative estimate of drug-likeness (QED) is 0.865. The lowest BCUT2D eigenvalue weighted by molar-refractivity contribution is 0.172. The molecule has 0 radical (unpaired) electrons. The molecule has 3 nitrogen and oxygen atoms in total. The Morgan fingerprint density at radius 3 is 2.61 bits per heavy atom. The van der Waals surface area contributed by atoms with Gasteiger partial charge in [-0.25, -0.2) is 0 Å². The van der Waals surface area contributed by atoms with Crippen LogP contribution in [-0.4, -0.2) is 31.1 Å². The van der Waals surface area contributed by atoms with Gasteiger partial charge in [-0.1, -0.05) is 5.57 Å². The Bertz CT molecular complexity index is 335. The molecule has 0 unspecified atom stereocenters. The molecule has 0 aromatic carbocycles. The Morgan fingerprint density at radius 2 is 2.11 bits per heavy atom. The van der Waals surface area contributed by atoms with Crippen LogP contribution in [0, 0.1) is 0 Å². The molecular weight excluding hydrogens is 271 g/mol. The molecule has 0 bridgehead atoms. The standard InChI is InChI=1S/C13H20N2O.2ClH/c1-11(2)9-13(12-3-8-16-10-12)15-6-4-14-5-7-15;;/h3,8,10,13-14H,1,4-7,9H2,2H3;2*1H/t13-;;/m0../s1. The van der Waals surface area contributed by atoms with Gasteiger partial charge in [-0.3, -0.25) is 4.90 Å². The molecule has 1 saturated heterocycles. The maximum absolute atomic E-state index is 5.20. The van der Waals surface area contributed by atoms with Gasteiger partial charge in [0.05, 0.1) is 12.5 Å². The fourth-order valence-electron chi connectivity index (χ4n) is 2.25. The molecule has 1 fully saturated rings. The van der Waals surface area contributed by atoms with Crippen molar-refractivity contribution in [3.05, 3.63) is 36.3 Å². The fraction of sp³-hybridized carbons (Fsp3) is 0.538. The van der Waals surface area contributed by atoms with Crippen molar-refractivity contribution in [1.82, 2.24) is 10.2 Å². The summed E-state index contributed by atoms with van der Waals surface area (Å²) >= 11 is 0. The van der Waals surface area contributed by atoms with E-state index in [1.54, 1.807) is 6.26 Å². The summed E-state index contributed by atoms with van der Waals surface area (Å²) in [5.41, 5.74) is 2.50. The number of halogens is 2. The Labute approximate surface area is 121 Å². The van der Waals surface area contributed by atoms with E-state index in [4.69, 9.17) is 4.42 Å². The molecule has 1 aliphatic heterocycles. The van der Waals surface area contributed by atoms with Crippen molar-refractivity contribution in [2.45, 2.75) is 19.4 Å². The predicted octanol–water partition coefficient (Wildman–Crippen LogP) is 3.04. The largest absolute Gasteiger partial charge is 0.472 e. The third-order valence-corrected chi connectivity index (χ3v) is 3.06. The molecule has 1 aromatic rings. The molecule has 1 aliphatic rings. The highest BCUT2D eigenvalue weighted by molar-refractivity contribution is 5.85. The molecular formula is C13H22Cl2N2O. The molecule has 1 atom stereocenters. The molecule has 1 N–H and O–H groups in total. The molecule has 104 valence electrons. The summed E-state index contributed by atoms with van der Waals surface area (Å²) in [4.78, 5) is 2.51. The van der Waals surface area contributed by atoms with Crippen LogP contribution in [0.2, 0.25) is 0 Å². The number of furan rings is 1. The monoisotopic (exact) mass is 292 g/mol. The number of nitrogens with one attached hydrogen (secondary N) is 1. The summed E-state index contributed by atoms with van der Waals surface area (Å²) in [5, 5.41) is 3.38. The van der Waals surface area contributed by atoms with Crippen LogP contribution in [-0.2, 0) is 0 Å². The van der Waals surface area contributed by atoms with E-state index in [0.29, 0.717) is 6.04 Å². The Kier molecular flexibility index (Phi) is 8.36. The third-order valence-electron chi connectivity index (χ3n) is 3.06. The molecule has 0 aliphatic carbocycles. The summed E-state index contributed by atoms with van der Waals surface area (Å²) in [7, 11) is 0. The zero-order chi connectivity index (χ0) is 11.4. The molecule has 18 heavy (non-hydrogen) atoms. The first kappa shape index (κ1) is 17.5. The highest BCUT2D eigenvalue weighted by Crippen LogP contribution is 2.27. The van der Waals surface area contributed by atoms with Crippen molar-refractivity contribution in [3.63, 3.8) is 0 Å². The summed E-state index contributed by atoms with van der Waals surface area (Å²) < 4.78 is 5.20. The molecule has 1 aromatic heterocycles. The van der Waals surface area contributed by atoms with Crippen LogP contribution in [0.1, 0.15) is 24.9 Å². The average Bonchev–Trinajstić information content (AvgIpc) is 2.80. The van der Waals surface area contributed by atoms with Crippen LogP contribution in [0.5, 0.6) is 0 Å². The highest BCUT2D eigenvalue weighted by Gasteiger charge is 2.22. The zero-order valence-corrected chi connectivity index (χ0v) is 12.4. The van der Waals surface area contributed by atoms with Gasteiger partial charge in [0.15, 0.2) is 0 Å². The van der Waals surface area contributed by atoms with Crippen LogP contribution in [0.3, 0.4) is 0 Å². The van der Waals surface area contributed by atoms with Crippen LogP contribution >= 0.6 is 24.8 Å². The number of rotatable bonds is 4. The maximum atomic E-state index is 5.20. The van der Waals surface area contributed by atoms with Gasteiger partial charge in [0.25, 0.3) is 0 Å². The van der Waals surface area contributed by atoms with E-state index in [-0.39, 0.29) is 24.8 Å². The number of piperazine rings is 1. The Morgan fingerprint density at radius 1 is 1.44 bits per heavy atom. The van der Waals surface area contributed by atoms with E-state index in [0.717, 1.165) is 32.6 Å². The third kappa shape index (κ3) is 4.65. The minimum Gasteiger partial charge on any atom is -0.472 e. The van der Waals surface area contributed by atoms with Crippen LogP contribution < -0.4 is 5.32 Å². The zero-order valence-electron chi connectivity index (χ0n) is 10.7. The first-order valence-corrected chi connectivity index (χ1v) is 5.88. The van der Waals surface area contributed by atoms with Crippen molar-refractivity contribution in [1.29, 1.82) is 0 Å². The number of hydrogen-bond acceptors (Lipinski definition) is 3. The lowest BCUT2D eigenvalue weighted by Gasteiger charge is -2.34. The van der Waals surface area contributed by atoms with Gasteiger partial charge in [0.2, 0.25) is 0 Å². The van der Waals surface area contributed by atoms with E-state index in [2.05, 4.69) is 29.8 Å².